The van der Waals surface area contributed by atoms with Gasteiger partial charge in [0.15, 0.2) is 5.69 Å². The molecule has 9 nitrogen and oxygen atoms in total. The maximum absolute atomic E-state index is 13.4. The average Bonchev–Trinajstić information content (AvgIpc) is 3.47. The lowest BCUT2D eigenvalue weighted by atomic mass is 9.97. The molecule has 2 aliphatic rings. The molecule has 3 heterocycles. The quantitative estimate of drug-likeness (QED) is 0.524. The fourth-order valence-corrected chi connectivity index (χ4v) is 5.35. The van der Waals surface area contributed by atoms with Crippen LogP contribution in [-0.4, -0.2) is 49.5 Å². The first-order chi connectivity index (χ1) is 15.4. The maximum atomic E-state index is 13.4. The van der Waals surface area contributed by atoms with Gasteiger partial charge in [0.05, 0.1) is 5.52 Å². The lowest BCUT2D eigenvalue weighted by Crippen LogP contribution is -2.52. The van der Waals surface area contributed by atoms with Gasteiger partial charge in [0.2, 0.25) is 11.8 Å². The Morgan fingerprint density at radius 3 is 2.72 bits per heavy atom. The number of aromatic nitrogens is 3. The van der Waals surface area contributed by atoms with Crippen molar-refractivity contribution in [2.75, 3.05) is 5.32 Å². The van der Waals surface area contributed by atoms with E-state index in [4.69, 9.17) is 5.73 Å². The number of hydrogen-bond acceptors (Lipinski definition) is 5. The van der Waals surface area contributed by atoms with E-state index in [0.29, 0.717) is 21.3 Å². The van der Waals surface area contributed by atoms with Gasteiger partial charge in [-0.1, -0.05) is 24.3 Å². The van der Waals surface area contributed by atoms with E-state index >= 15 is 0 Å². The first kappa shape index (κ1) is 20.6. The van der Waals surface area contributed by atoms with Gasteiger partial charge < -0.3 is 16.0 Å². The van der Waals surface area contributed by atoms with Crippen molar-refractivity contribution in [3.05, 3.63) is 52.8 Å². The summed E-state index contributed by atoms with van der Waals surface area (Å²) in [6.45, 7) is -0.0735. The summed E-state index contributed by atoms with van der Waals surface area (Å²) in [5, 5.41) is 7.74. The Labute approximate surface area is 192 Å². The van der Waals surface area contributed by atoms with E-state index < -0.39 is 11.9 Å². The van der Waals surface area contributed by atoms with Crippen LogP contribution in [0.2, 0.25) is 0 Å². The summed E-state index contributed by atoms with van der Waals surface area (Å²) in [5.74, 6) is -0.537. The van der Waals surface area contributed by atoms with Crippen LogP contribution in [0.4, 0.5) is 5.82 Å². The Balaban J connectivity index is 1.41. The molecule has 3 amide bonds. The molecular weight excluding hydrogens is 476 g/mol. The van der Waals surface area contributed by atoms with E-state index in [9.17, 15) is 14.4 Å². The largest absolute Gasteiger partial charge is 0.364 e. The molecule has 3 N–H and O–H groups in total. The third-order valence-corrected chi connectivity index (χ3v) is 6.73. The zero-order valence-corrected chi connectivity index (χ0v) is 18.7. The van der Waals surface area contributed by atoms with Gasteiger partial charge in [-0.3, -0.25) is 19.1 Å². The molecule has 32 heavy (non-hydrogen) atoms. The first-order valence-electron chi connectivity index (χ1n) is 10.4. The van der Waals surface area contributed by atoms with E-state index in [2.05, 4.69) is 31.3 Å². The monoisotopic (exact) mass is 496 g/mol. The van der Waals surface area contributed by atoms with E-state index in [1.165, 1.54) is 4.68 Å². The van der Waals surface area contributed by atoms with Crippen molar-refractivity contribution < 1.29 is 14.4 Å². The number of primary amides is 1. The summed E-state index contributed by atoms with van der Waals surface area (Å²) >= 11 is 3.30. The predicted octanol–water partition coefficient (Wildman–Crippen LogP) is 2.31. The highest BCUT2D eigenvalue weighted by Gasteiger charge is 2.51. The first-order valence-corrected chi connectivity index (χ1v) is 11.2. The Morgan fingerprint density at radius 1 is 1.12 bits per heavy atom. The number of benzene rings is 1. The Hall–Kier alpha value is -3.27. The molecule has 5 rings (SSSR count). The molecule has 3 atom stereocenters. The standard InChI is InChI=1S/C22H21BrN6O3/c23-16-6-3-7-17(25-16)26-22(32)20-12-8-9-13(10-12)29(20)18(30)11-28-15-5-2-1-4-14(15)19(27-28)21(24)31/h1-7,12-13,20H,8-11H2,(H2,24,31)(H,25,26,32)/t12-,13+,20-/m0/s1. The van der Waals surface area contributed by atoms with Crippen molar-refractivity contribution in [1.82, 2.24) is 19.7 Å². The number of piperidine rings is 1. The van der Waals surface area contributed by atoms with Crippen LogP contribution in [0.3, 0.4) is 0 Å². The molecule has 1 aromatic carbocycles. The third-order valence-electron chi connectivity index (χ3n) is 6.28. The van der Waals surface area contributed by atoms with Crippen molar-refractivity contribution >= 4 is 50.4 Å². The summed E-state index contributed by atoms with van der Waals surface area (Å²) in [5.41, 5.74) is 6.25. The van der Waals surface area contributed by atoms with Crippen LogP contribution in [0, 0.1) is 5.92 Å². The van der Waals surface area contributed by atoms with E-state index in [1.807, 2.05) is 6.07 Å². The molecule has 1 aliphatic heterocycles. The van der Waals surface area contributed by atoms with Gasteiger partial charge in [0.25, 0.3) is 5.91 Å². The van der Waals surface area contributed by atoms with Crippen LogP contribution >= 0.6 is 15.9 Å². The van der Waals surface area contributed by atoms with Crippen molar-refractivity contribution in [3.8, 4) is 0 Å². The molecule has 10 heteroatoms. The number of nitrogens with zero attached hydrogens (tertiary/aromatic N) is 4. The summed E-state index contributed by atoms with van der Waals surface area (Å²) in [6, 6.07) is 11.9. The van der Waals surface area contributed by atoms with Crippen molar-refractivity contribution in [1.29, 1.82) is 0 Å². The van der Waals surface area contributed by atoms with Crippen LogP contribution < -0.4 is 11.1 Å². The Morgan fingerprint density at radius 2 is 1.94 bits per heavy atom. The molecule has 2 aromatic heterocycles. The number of hydrogen-bond donors (Lipinski definition) is 2. The molecule has 1 saturated carbocycles. The molecule has 164 valence electrons. The number of fused-ring (bicyclic) bond motifs is 3. The molecule has 0 radical (unpaired) electrons. The summed E-state index contributed by atoms with van der Waals surface area (Å²) in [6.07, 6.45) is 2.60. The van der Waals surface area contributed by atoms with E-state index in [0.717, 1.165) is 19.3 Å². The minimum Gasteiger partial charge on any atom is -0.364 e. The number of para-hydroxylation sites is 1. The number of nitrogens with one attached hydrogen (secondary N) is 1. The lowest BCUT2D eigenvalue weighted by molar-refractivity contribution is -0.141. The van der Waals surface area contributed by atoms with Gasteiger partial charge in [-0.2, -0.15) is 5.10 Å². The van der Waals surface area contributed by atoms with Gasteiger partial charge in [-0.15, -0.1) is 0 Å². The molecule has 0 spiro atoms. The minimum atomic E-state index is -0.647. The molecule has 2 bridgehead atoms. The normalized spacial score (nSPS) is 21.8. The van der Waals surface area contributed by atoms with Crippen LogP contribution in [-0.2, 0) is 16.1 Å². The van der Waals surface area contributed by atoms with Crippen LogP contribution in [0.1, 0.15) is 29.8 Å². The number of halogens is 1. The SMILES string of the molecule is NC(=O)c1nn(CC(=O)N2[C@@H]3CC[C@@H](C3)[C@H]2C(=O)Nc2cccc(Br)n2)c2ccccc12. The van der Waals surface area contributed by atoms with E-state index in [1.54, 1.807) is 41.3 Å². The molecule has 0 unspecified atom stereocenters. The van der Waals surface area contributed by atoms with Gasteiger partial charge in [-0.25, -0.2) is 4.98 Å². The number of amides is 3. The number of likely N-dealkylation sites (tertiary alicyclic amines) is 1. The fraction of sp³-hybridized carbons (Fsp3) is 0.318. The highest BCUT2D eigenvalue weighted by atomic mass is 79.9. The smallest absolute Gasteiger partial charge is 0.269 e. The second-order valence-electron chi connectivity index (χ2n) is 8.20. The summed E-state index contributed by atoms with van der Waals surface area (Å²) < 4.78 is 2.11. The van der Waals surface area contributed by atoms with Crippen LogP contribution in [0.5, 0.6) is 0 Å². The molecule has 3 aromatic rings. The predicted molar refractivity (Wildman–Crippen MR) is 121 cm³/mol. The van der Waals surface area contributed by atoms with Crippen LogP contribution in [0.25, 0.3) is 10.9 Å². The number of rotatable bonds is 5. The van der Waals surface area contributed by atoms with E-state index in [-0.39, 0.29) is 36.0 Å². The maximum Gasteiger partial charge on any atom is 0.269 e. The van der Waals surface area contributed by atoms with Gasteiger partial charge >= 0.3 is 0 Å². The lowest BCUT2D eigenvalue weighted by Gasteiger charge is -2.34. The minimum absolute atomic E-state index is 0.0242. The number of carbonyl (C=O) groups excluding carboxylic acids is 3. The number of carbonyl (C=O) groups is 3. The van der Waals surface area contributed by atoms with Crippen molar-refractivity contribution in [3.63, 3.8) is 0 Å². The molecule has 1 saturated heterocycles. The number of nitrogens with two attached hydrogens (primary N) is 1. The van der Waals surface area contributed by atoms with Gasteiger partial charge in [0, 0.05) is 11.4 Å². The molecule has 1 aliphatic carbocycles. The topological polar surface area (TPSA) is 123 Å². The molecule has 2 fully saturated rings. The highest BCUT2D eigenvalue weighted by Crippen LogP contribution is 2.43. The zero-order valence-electron chi connectivity index (χ0n) is 17.1. The Bertz CT molecular complexity index is 1240. The summed E-state index contributed by atoms with van der Waals surface area (Å²) in [7, 11) is 0. The van der Waals surface area contributed by atoms with Gasteiger partial charge in [-0.05, 0) is 59.3 Å². The number of anilines is 1. The second kappa shape index (κ2) is 8.01. The Kier molecular flexibility index (Phi) is 5.16. The number of pyridine rings is 1. The highest BCUT2D eigenvalue weighted by molar-refractivity contribution is 9.10. The summed E-state index contributed by atoms with van der Waals surface area (Å²) in [4.78, 5) is 44.3. The fourth-order valence-electron chi connectivity index (χ4n) is 5.00. The second-order valence-corrected chi connectivity index (χ2v) is 9.01. The zero-order chi connectivity index (χ0) is 22.4. The van der Waals surface area contributed by atoms with Crippen LogP contribution in [0.15, 0.2) is 47.1 Å². The van der Waals surface area contributed by atoms with Gasteiger partial charge in [0.1, 0.15) is 23.0 Å². The molecular formula is C22H21BrN6O3. The average molecular weight is 497 g/mol. The van der Waals surface area contributed by atoms with Crippen molar-refractivity contribution in [2.24, 2.45) is 11.7 Å². The van der Waals surface area contributed by atoms with Crippen molar-refractivity contribution in [2.45, 2.75) is 37.9 Å². The third kappa shape index (κ3) is 3.54.